The lowest BCUT2D eigenvalue weighted by Gasteiger charge is -2.19. The maximum absolute atomic E-state index is 12.2. The minimum atomic E-state index is -0.124. The highest BCUT2D eigenvalue weighted by molar-refractivity contribution is 6.30. The third-order valence-electron chi connectivity index (χ3n) is 3.81. The van der Waals surface area contributed by atoms with E-state index in [0.29, 0.717) is 17.9 Å². The number of hydrogen-bond donors (Lipinski definition) is 2. The van der Waals surface area contributed by atoms with Crippen LogP contribution in [0.3, 0.4) is 0 Å². The Morgan fingerprint density at radius 3 is 2.83 bits per heavy atom. The van der Waals surface area contributed by atoms with Crippen LogP contribution >= 0.6 is 36.4 Å². The number of hydrogen-bond acceptors (Lipinski definition) is 4. The van der Waals surface area contributed by atoms with Gasteiger partial charge in [-0.25, -0.2) is 0 Å². The molecule has 1 atom stereocenters. The third kappa shape index (κ3) is 4.80. The summed E-state index contributed by atoms with van der Waals surface area (Å²) in [5.74, 6) is 0.485. The predicted molar refractivity (Wildman–Crippen MR) is 101 cm³/mol. The van der Waals surface area contributed by atoms with Crippen LogP contribution in [-0.4, -0.2) is 25.0 Å². The van der Waals surface area contributed by atoms with Gasteiger partial charge in [0, 0.05) is 29.8 Å². The SMILES string of the molecule is Cl.Cl.NCc1cc(C(=O)NC2CCN(c3cccc(Cl)c3)C2)co1. The highest BCUT2D eigenvalue weighted by Gasteiger charge is 2.25. The molecule has 3 rings (SSSR count). The second-order valence-electron chi connectivity index (χ2n) is 5.39. The predicted octanol–water partition coefficient (Wildman–Crippen LogP) is 3.24. The quantitative estimate of drug-likeness (QED) is 0.838. The number of rotatable bonds is 4. The summed E-state index contributed by atoms with van der Waals surface area (Å²) in [6, 6.07) is 9.55. The molecular weight excluding hydrogens is 373 g/mol. The van der Waals surface area contributed by atoms with Gasteiger partial charge in [0.15, 0.2) is 0 Å². The summed E-state index contributed by atoms with van der Waals surface area (Å²) >= 11 is 6.02. The van der Waals surface area contributed by atoms with Gasteiger partial charge in [-0.15, -0.1) is 24.8 Å². The molecule has 1 fully saturated rings. The minimum absolute atomic E-state index is 0. The summed E-state index contributed by atoms with van der Waals surface area (Å²) in [6.45, 7) is 1.96. The van der Waals surface area contributed by atoms with Crippen LogP contribution in [0.1, 0.15) is 22.5 Å². The number of nitrogens with one attached hydrogen (secondary N) is 1. The van der Waals surface area contributed by atoms with E-state index >= 15 is 0 Å². The normalized spacial score (nSPS) is 16.2. The van der Waals surface area contributed by atoms with E-state index in [1.54, 1.807) is 6.07 Å². The van der Waals surface area contributed by atoms with Crippen LogP contribution < -0.4 is 16.0 Å². The molecule has 24 heavy (non-hydrogen) atoms. The zero-order valence-electron chi connectivity index (χ0n) is 12.9. The number of anilines is 1. The van der Waals surface area contributed by atoms with Crippen molar-refractivity contribution < 1.29 is 9.21 Å². The number of nitrogens with zero attached hydrogens (tertiary/aromatic N) is 1. The molecule has 0 bridgehead atoms. The van der Waals surface area contributed by atoms with Crippen molar-refractivity contribution in [3.05, 3.63) is 52.9 Å². The molecule has 5 nitrogen and oxygen atoms in total. The molecule has 0 radical (unpaired) electrons. The molecule has 0 spiro atoms. The zero-order valence-corrected chi connectivity index (χ0v) is 15.3. The Balaban J connectivity index is 0.00000144. The van der Waals surface area contributed by atoms with E-state index in [9.17, 15) is 4.79 Å². The van der Waals surface area contributed by atoms with Crippen LogP contribution in [0.15, 0.2) is 41.0 Å². The molecule has 1 aliphatic rings. The average Bonchev–Trinajstić information content (AvgIpc) is 3.16. The van der Waals surface area contributed by atoms with E-state index in [1.807, 2.05) is 24.3 Å². The van der Waals surface area contributed by atoms with Crippen molar-refractivity contribution in [3.63, 3.8) is 0 Å². The molecular formula is C16H20Cl3N3O2. The molecule has 1 saturated heterocycles. The monoisotopic (exact) mass is 391 g/mol. The maximum atomic E-state index is 12.2. The van der Waals surface area contributed by atoms with Gasteiger partial charge in [-0.2, -0.15) is 0 Å². The zero-order chi connectivity index (χ0) is 15.5. The number of benzene rings is 1. The van der Waals surface area contributed by atoms with E-state index in [4.69, 9.17) is 21.8 Å². The number of halogens is 3. The Labute approximate surface area is 158 Å². The summed E-state index contributed by atoms with van der Waals surface area (Å²) in [4.78, 5) is 14.4. The molecule has 3 N–H and O–H groups in total. The van der Waals surface area contributed by atoms with Gasteiger partial charge in [-0.3, -0.25) is 4.79 Å². The molecule has 8 heteroatoms. The van der Waals surface area contributed by atoms with E-state index in [0.717, 1.165) is 30.2 Å². The molecule has 1 unspecified atom stereocenters. The van der Waals surface area contributed by atoms with Crippen LogP contribution in [0.4, 0.5) is 5.69 Å². The number of furan rings is 1. The van der Waals surface area contributed by atoms with Crippen molar-refractivity contribution in [3.8, 4) is 0 Å². The largest absolute Gasteiger partial charge is 0.467 e. The first-order valence-corrected chi connectivity index (χ1v) is 7.62. The smallest absolute Gasteiger partial charge is 0.254 e. The first-order chi connectivity index (χ1) is 10.7. The van der Waals surface area contributed by atoms with Gasteiger partial charge >= 0.3 is 0 Å². The van der Waals surface area contributed by atoms with Gasteiger partial charge in [0.05, 0.1) is 12.1 Å². The first kappa shape index (κ1) is 20.6. The summed E-state index contributed by atoms with van der Waals surface area (Å²) < 4.78 is 5.19. The fourth-order valence-electron chi connectivity index (χ4n) is 2.66. The van der Waals surface area contributed by atoms with Crippen molar-refractivity contribution in [2.24, 2.45) is 5.73 Å². The van der Waals surface area contributed by atoms with Gasteiger partial charge in [0.2, 0.25) is 0 Å². The summed E-state index contributed by atoms with van der Waals surface area (Å²) in [5, 5.41) is 3.75. The molecule has 1 aromatic carbocycles. The third-order valence-corrected chi connectivity index (χ3v) is 4.05. The van der Waals surface area contributed by atoms with Crippen LogP contribution in [0.2, 0.25) is 5.02 Å². The van der Waals surface area contributed by atoms with Crippen LogP contribution in [0.25, 0.3) is 0 Å². The molecule has 1 amide bonds. The molecule has 1 aliphatic heterocycles. The lowest BCUT2D eigenvalue weighted by atomic mass is 10.2. The molecule has 1 aromatic heterocycles. The number of carbonyl (C=O) groups excluding carboxylic acids is 1. The van der Waals surface area contributed by atoms with E-state index in [-0.39, 0.29) is 36.8 Å². The molecule has 0 aliphatic carbocycles. The highest BCUT2D eigenvalue weighted by Crippen LogP contribution is 2.23. The summed E-state index contributed by atoms with van der Waals surface area (Å²) in [7, 11) is 0. The molecule has 2 aromatic rings. The highest BCUT2D eigenvalue weighted by atomic mass is 35.5. The lowest BCUT2D eigenvalue weighted by Crippen LogP contribution is -2.36. The second-order valence-corrected chi connectivity index (χ2v) is 5.83. The van der Waals surface area contributed by atoms with Crippen LogP contribution in [-0.2, 0) is 6.54 Å². The summed E-state index contributed by atoms with van der Waals surface area (Å²) in [6.07, 6.45) is 2.35. The van der Waals surface area contributed by atoms with Crippen molar-refractivity contribution in [1.82, 2.24) is 5.32 Å². The summed E-state index contributed by atoms with van der Waals surface area (Å²) in [5.41, 5.74) is 7.08. The van der Waals surface area contributed by atoms with Crippen molar-refractivity contribution in [2.75, 3.05) is 18.0 Å². The second kappa shape index (κ2) is 9.18. The Hall–Kier alpha value is -1.40. The fourth-order valence-corrected chi connectivity index (χ4v) is 2.85. The average molecular weight is 393 g/mol. The fraction of sp³-hybridized carbons (Fsp3) is 0.312. The topological polar surface area (TPSA) is 71.5 Å². The molecule has 0 saturated carbocycles. The Bertz CT molecular complexity index is 678. The van der Waals surface area contributed by atoms with E-state index < -0.39 is 0 Å². The van der Waals surface area contributed by atoms with Gasteiger partial charge in [-0.05, 0) is 30.7 Å². The Kier molecular flexibility index (Phi) is 7.90. The van der Waals surface area contributed by atoms with Crippen molar-refractivity contribution >= 4 is 48.0 Å². The molecule has 132 valence electrons. The van der Waals surface area contributed by atoms with Crippen LogP contribution in [0, 0.1) is 0 Å². The van der Waals surface area contributed by atoms with E-state index in [1.165, 1.54) is 6.26 Å². The standard InChI is InChI=1S/C16H18ClN3O2.2ClH/c17-12-2-1-3-14(7-12)20-5-4-13(9-20)19-16(21)11-6-15(8-18)22-10-11;;/h1-3,6-7,10,13H,4-5,8-9,18H2,(H,19,21);2*1H. The van der Waals surface area contributed by atoms with Gasteiger partial charge in [-0.1, -0.05) is 17.7 Å². The maximum Gasteiger partial charge on any atom is 0.254 e. The van der Waals surface area contributed by atoms with Crippen molar-refractivity contribution in [1.29, 1.82) is 0 Å². The van der Waals surface area contributed by atoms with Crippen molar-refractivity contribution in [2.45, 2.75) is 19.0 Å². The molecule has 2 heterocycles. The number of nitrogens with two attached hydrogens (primary N) is 1. The number of carbonyl (C=O) groups is 1. The van der Waals surface area contributed by atoms with Gasteiger partial charge in [0.1, 0.15) is 12.0 Å². The van der Waals surface area contributed by atoms with Gasteiger partial charge < -0.3 is 20.4 Å². The van der Waals surface area contributed by atoms with Gasteiger partial charge in [0.25, 0.3) is 5.91 Å². The Morgan fingerprint density at radius 1 is 1.38 bits per heavy atom. The van der Waals surface area contributed by atoms with Crippen LogP contribution in [0.5, 0.6) is 0 Å². The Morgan fingerprint density at radius 2 is 2.17 bits per heavy atom. The first-order valence-electron chi connectivity index (χ1n) is 7.24. The minimum Gasteiger partial charge on any atom is -0.467 e. The number of amides is 1. The van der Waals surface area contributed by atoms with E-state index in [2.05, 4.69) is 10.2 Å². The lowest BCUT2D eigenvalue weighted by molar-refractivity contribution is 0.0940.